The molecule has 2 aromatic carbocycles. The summed E-state index contributed by atoms with van der Waals surface area (Å²) in [6.45, 7) is 3.04. The van der Waals surface area contributed by atoms with Crippen molar-refractivity contribution in [2.24, 2.45) is 22.4 Å². The van der Waals surface area contributed by atoms with Crippen molar-refractivity contribution in [1.29, 1.82) is 0 Å². The highest BCUT2D eigenvalue weighted by molar-refractivity contribution is 5.99. The fourth-order valence-electron chi connectivity index (χ4n) is 4.52. The Morgan fingerprint density at radius 1 is 0.882 bits per heavy atom. The molecule has 0 spiro atoms. The highest BCUT2D eigenvalue weighted by Gasteiger charge is 2.31. The third kappa shape index (κ3) is 15.5. The van der Waals surface area contributed by atoms with Gasteiger partial charge in [0.1, 0.15) is 18.1 Å². The van der Waals surface area contributed by atoms with E-state index in [2.05, 4.69) is 31.6 Å². The molecule has 10 N–H and O–H groups in total. The van der Waals surface area contributed by atoms with Gasteiger partial charge < -0.3 is 43.2 Å². The fourth-order valence-corrected chi connectivity index (χ4v) is 4.52. The number of carbonyl (C=O) groups is 6. The number of nitrogens with zero attached hydrogens (tertiary/aromatic N) is 2. The monoisotopic (exact) mass is 733 g/mol. The molecule has 18 nitrogen and oxygen atoms in total. The predicted molar refractivity (Wildman–Crippen MR) is 190 cm³/mol. The number of nitrogens with one attached hydrogen (secondary N) is 5. The first kappa shape index (κ1) is 43.2. The summed E-state index contributed by atoms with van der Waals surface area (Å²) in [6, 6.07) is 9.63. The summed E-state index contributed by atoms with van der Waals surface area (Å²) in [5.74, 6) is -5.31. The number of nitro benzene ring substituents is 1. The molecule has 0 fully saturated rings. The third-order valence-corrected chi connectivity index (χ3v) is 7.46. The number of rotatable bonds is 20. The van der Waals surface area contributed by atoms with Crippen LogP contribution >= 0.6 is 12.4 Å². The van der Waals surface area contributed by atoms with E-state index in [9.17, 15) is 44.0 Å². The first-order chi connectivity index (χ1) is 23.7. The molecule has 0 aliphatic rings. The molecule has 0 saturated heterocycles. The van der Waals surface area contributed by atoms with Crippen molar-refractivity contribution in [3.63, 3.8) is 0 Å². The summed E-state index contributed by atoms with van der Waals surface area (Å²) < 4.78 is 0. The minimum atomic E-state index is -1.38. The predicted octanol–water partition coefficient (Wildman–Crippen LogP) is 0.804. The molecule has 0 saturated carbocycles. The van der Waals surface area contributed by atoms with Gasteiger partial charge in [-0.15, -0.1) is 12.4 Å². The van der Waals surface area contributed by atoms with E-state index >= 15 is 0 Å². The largest absolute Gasteiger partial charge is 0.481 e. The Labute approximate surface area is 300 Å². The molecule has 0 aliphatic carbocycles. The first-order valence-corrected chi connectivity index (χ1v) is 15.8. The molecule has 51 heavy (non-hydrogen) atoms. The highest BCUT2D eigenvalue weighted by Crippen LogP contribution is 2.16. The number of non-ortho nitro benzene ring substituents is 1. The van der Waals surface area contributed by atoms with Crippen LogP contribution in [0.25, 0.3) is 0 Å². The van der Waals surface area contributed by atoms with Crippen molar-refractivity contribution in [2.75, 3.05) is 18.4 Å². The number of carboxylic acids is 1. The number of carboxylic acid groups (broad SMARTS) is 1. The maximum atomic E-state index is 13.4. The SMILES string of the molecule is CCC(C)[C@H](NC(=O)c1ccccc1)C(=O)N[C@@H](CCC(=O)O)C(=O)NCC(=O)N[C@@H](CCCN=C(N)N)C(=O)Nc1ccc([N+](=O)[O-])cc1.Cl. The van der Waals surface area contributed by atoms with E-state index in [0.717, 1.165) is 0 Å². The minimum absolute atomic E-state index is 0. The number of nitro groups is 1. The number of hydrogen-bond donors (Lipinski definition) is 8. The molecule has 0 heterocycles. The number of amides is 5. The maximum absolute atomic E-state index is 13.4. The second-order valence-electron chi connectivity index (χ2n) is 11.3. The standard InChI is InChI=1S/C32H43N9O9.ClH/c1-3-19(2)27(40-28(45)20-8-5-4-6-9-20)31(48)39-24(15-16-26(43)44)29(46)36-18-25(42)38-23(10-7-17-35-32(33)34)30(47)37-21-11-13-22(14-12-21)41(49)50;/h4-6,8-9,11-14,19,23-24,27H,3,7,10,15-18H2,1-2H3,(H,36,46)(H,37,47)(H,38,42)(H,39,48)(H,40,45)(H,43,44)(H4,33,34,35);1H/t19?,23-,24-,27-;/m0./s1. The highest BCUT2D eigenvalue weighted by atomic mass is 35.5. The van der Waals surface area contributed by atoms with E-state index < -0.39 is 71.5 Å². The van der Waals surface area contributed by atoms with E-state index in [4.69, 9.17) is 11.5 Å². The van der Waals surface area contributed by atoms with Crippen LogP contribution in [0, 0.1) is 16.0 Å². The summed E-state index contributed by atoms with van der Waals surface area (Å²) in [4.78, 5) is 90.8. The zero-order valence-corrected chi connectivity index (χ0v) is 28.9. The van der Waals surface area contributed by atoms with Gasteiger partial charge in [-0.1, -0.05) is 38.5 Å². The molecule has 4 atom stereocenters. The number of carbonyl (C=O) groups excluding carboxylic acids is 5. The van der Waals surface area contributed by atoms with Gasteiger partial charge in [0.25, 0.3) is 11.6 Å². The van der Waals surface area contributed by atoms with Gasteiger partial charge in [-0.05, 0) is 49.4 Å². The Balaban J connectivity index is 0.0000130. The van der Waals surface area contributed by atoms with Crippen molar-refractivity contribution < 1.29 is 38.8 Å². The van der Waals surface area contributed by atoms with E-state index in [0.29, 0.717) is 12.0 Å². The van der Waals surface area contributed by atoms with Crippen LogP contribution in [0.15, 0.2) is 59.6 Å². The van der Waals surface area contributed by atoms with E-state index in [1.807, 2.05) is 6.92 Å². The summed E-state index contributed by atoms with van der Waals surface area (Å²) >= 11 is 0. The number of anilines is 1. The molecule has 0 aliphatic heterocycles. The van der Waals surface area contributed by atoms with Crippen LogP contribution in [0.3, 0.4) is 0 Å². The van der Waals surface area contributed by atoms with E-state index in [-0.39, 0.29) is 61.5 Å². The fraction of sp³-hybridized carbons (Fsp3) is 0.406. The van der Waals surface area contributed by atoms with Crippen LogP contribution in [-0.4, -0.2) is 82.7 Å². The Morgan fingerprint density at radius 2 is 1.51 bits per heavy atom. The lowest BCUT2D eigenvalue weighted by atomic mass is 9.97. The number of halogens is 1. The molecule has 0 radical (unpaired) electrons. The van der Waals surface area contributed by atoms with Crippen LogP contribution in [-0.2, 0) is 24.0 Å². The molecule has 0 aromatic heterocycles. The Kier molecular flexibility index (Phi) is 18.7. The topological polar surface area (TPSA) is 290 Å². The zero-order chi connectivity index (χ0) is 37.2. The Morgan fingerprint density at radius 3 is 2.08 bits per heavy atom. The quantitative estimate of drug-likeness (QED) is 0.0310. The van der Waals surface area contributed by atoms with Crippen molar-refractivity contribution in [3.8, 4) is 0 Å². The smallest absolute Gasteiger partial charge is 0.303 e. The first-order valence-electron chi connectivity index (χ1n) is 15.8. The third-order valence-electron chi connectivity index (χ3n) is 7.46. The molecule has 19 heteroatoms. The normalized spacial score (nSPS) is 12.7. The van der Waals surface area contributed by atoms with Crippen LogP contribution in [0.4, 0.5) is 11.4 Å². The lowest BCUT2D eigenvalue weighted by molar-refractivity contribution is -0.384. The molecule has 5 amide bonds. The van der Waals surface area contributed by atoms with Gasteiger partial charge >= 0.3 is 5.97 Å². The second kappa shape index (κ2) is 22.0. The van der Waals surface area contributed by atoms with Crippen molar-refractivity contribution >= 4 is 65.2 Å². The van der Waals surface area contributed by atoms with Gasteiger partial charge in [-0.3, -0.25) is 43.9 Å². The van der Waals surface area contributed by atoms with Crippen LogP contribution in [0.2, 0.25) is 0 Å². The maximum Gasteiger partial charge on any atom is 0.303 e. The number of nitrogens with two attached hydrogens (primary N) is 2. The number of benzene rings is 2. The number of aliphatic carboxylic acids is 1. The van der Waals surface area contributed by atoms with Crippen molar-refractivity contribution in [3.05, 3.63) is 70.3 Å². The second-order valence-corrected chi connectivity index (χ2v) is 11.3. The Hall–Kier alpha value is -5.78. The van der Waals surface area contributed by atoms with Crippen LogP contribution < -0.4 is 38.1 Å². The van der Waals surface area contributed by atoms with Crippen LogP contribution in [0.1, 0.15) is 56.3 Å². The van der Waals surface area contributed by atoms with Crippen LogP contribution in [0.5, 0.6) is 0 Å². The van der Waals surface area contributed by atoms with Gasteiger partial charge in [0, 0.05) is 36.3 Å². The number of aliphatic imine (C=N–C) groups is 1. The Bertz CT molecular complexity index is 1540. The summed E-state index contributed by atoms with van der Waals surface area (Å²) in [5.41, 5.74) is 11.0. The van der Waals surface area contributed by atoms with Gasteiger partial charge in [0.15, 0.2) is 5.96 Å². The number of guanidine groups is 1. The van der Waals surface area contributed by atoms with E-state index in [1.54, 1.807) is 37.3 Å². The van der Waals surface area contributed by atoms with Gasteiger partial charge in [-0.2, -0.15) is 0 Å². The summed E-state index contributed by atoms with van der Waals surface area (Å²) in [7, 11) is 0. The average molecular weight is 734 g/mol. The zero-order valence-electron chi connectivity index (χ0n) is 28.1. The molecule has 1 unspecified atom stereocenters. The van der Waals surface area contributed by atoms with E-state index in [1.165, 1.54) is 24.3 Å². The van der Waals surface area contributed by atoms with Gasteiger partial charge in [-0.25, -0.2) is 0 Å². The average Bonchev–Trinajstić information content (AvgIpc) is 3.08. The summed E-state index contributed by atoms with van der Waals surface area (Å²) in [5, 5.41) is 32.8. The lowest BCUT2D eigenvalue weighted by Gasteiger charge is -2.26. The van der Waals surface area contributed by atoms with Gasteiger partial charge in [0.2, 0.25) is 23.6 Å². The van der Waals surface area contributed by atoms with Crippen molar-refractivity contribution in [2.45, 2.75) is 64.1 Å². The molecule has 2 rings (SSSR count). The van der Waals surface area contributed by atoms with Crippen molar-refractivity contribution in [1.82, 2.24) is 21.3 Å². The number of hydrogen-bond acceptors (Lipinski definition) is 9. The molecular weight excluding hydrogens is 690 g/mol. The molecule has 2 aromatic rings. The molecule has 278 valence electrons. The van der Waals surface area contributed by atoms with Gasteiger partial charge in [0.05, 0.1) is 11.5 Å². The molecule has 0 bridgehead atoms. The molecular formula is C32H44ClN9O9. The lowest BCUT2D eigenvalue weighted by Crippen LogP contribution is -2.56. The summed E-state index contributed by atoms with van der Waals surface area (Å²) in [6.07, 6.45) is 0.0158. The minimum Gasteiger partial charge on any atom is -0.481 e.